The number of hydrogen-bond donors (Lipinski definition) is 2. The number of benzene rings is 1. The molecule has 108 valence electrons. The van der Waals surface area contributed by atoms with E-state index in [-0.39, 0.29) is 12.6 Å². The lowest BCUT2D eigenvalue weighted by molar-refractivity contribution is -0.143. The summed E-state index contributed by atoms with van der Waals surface area (Å²) in [4.78, 5) is 24.6. The SMILES string of the molecule is O=C(O)C1CCCN(C(=O)Nc2cc(Cl)cc(Br)c2)C1. The largest absolute Gasteiger partial charge is 0.481 e. The number of likely N-dealkylation sites (tertiary alicyclic amines) is 1. The van der Waals surface area contributed by atoms with Crippen molar-refractivity contribution in [2.45, 2.75) is 12.8 Å². The van der Waals surface area contributed by atoms with Crippen molar-refractivity contribution in [3.8, 4) is 0 Å². The first kappa shape index (κ1) is 15.1. The number of halogens is 2. The Labute approximate surface area is 130 Å². The van der Waals surface area contributed by atoms with Crippen LogP contribution in [0, 0.1) is 5.92 Å². The van der Waals surface area contributed by atoms with Gasteiger partial charge in [0.1, 0.15) is 0 Å². The van der Waals surface area contributed by atoms with Crippen LogP contribution in [0.5, 0.6) is 0 Å². The molecule has 1 saturated heterocycles. The van der Waals surface area contributed by atoms with Crippen LogP contribution in [0.25, 0.3) is 0 Å². The van der Waals surface area contributed by atoms with Gasteiger partial charge in [-0.15, -0.1) is 0 Å². The summed E-state index contributed by atoms with van der Waals surface area (Å²) in [5.41, 5.74) is 0.576. The van der Waals surface area contributed by atoms with E-state index < -0.39 is 11.9 Å². The predicted molar refractivity (Wildman–Crippen MR) is 80.1 cm³/mol. The minimum absolute atomic E-state index is 0.239. The summed E-state index contributed by atoms with van der Waals surface area (Å²) in [5.74, 6) is -1.34. The van der Waals surface area contributed by atoms with Gasteiger partial charge in [-0.05, 0) is 31.0 Å². The Hall–Kier alpha value is -1.27. The maximum absolute atomic E-state index is 12.1. The number of amides is 2. The van der Waals surface area contributed by atoms with Crippen LogP contribution in [-0.4, -0.2) is 35.1 Å². The number of hydrogen-bond acceptors (Lipinski definition) is 2. The molecule has 0 spiro atoms. The molecule has 0 radical (unpaired) electrons. The molecule has 1 heterocycles. The van der Waals surface area contributed by atoms with Crippen LogP contribution in [0.3, 0.4) is 0 Å². The Morgan fingerprint density at radius 3 is 2.80 bits per heavy atom. The number of carbonyl (C=O) groups excluding carboxylic acids is 1. The molecule has 1 fully saturated rings. The van der Waals surface area contributed by atoms with Crippen molar-refractivity contribution in [3.05, 3.63) is 27.7 Å². The van der Waals surface area contributed by atoms with Crippen LogP contribution in [0.15, 0.2) is 22.7 Å². The maximum Gasteiger partial charge on any atom is 0.321 e. The lowest BCUT2D eigenvalue weighted by Crippen LogP contribution is -2.44. The van der Waals surface area contributed by atoms with Gasteiger partial charge in [-0.3, -0.25) is 4.79 Å². The predicted octanol–water partition coefficient (Wildman–Crippen LogP) is 3.43. The number of nitrogens with one attached hydrogen (secondary N) is 1. The van der Waals surface area contributed by atoms with E-state index in [4.69, 9.17) is 16.7 Å². The van der Waals surface area contributed by atoms with Gasteiger partial charge in [0.15, 0.2) is 0 Å². The standard InChI is InChI=1S/C13H14BrClN2O3/c14-9-4-10(15)6-11(5-9)16-13(20)17-3-1-2-8(7-17)12(18)19/h4-6,8H,1-3,7H2,(H,16,20)(H,18,19). The number of carboxylic acid groups (broad SMARTS) is 1. The Morgan fingerprint density at radius 2 is 2.15 bits per heavy atom. The molecule has 1 aliphatic rings. The normalized spacial score (nSPS) is 18.7. The molecule has 1 aromatic rings. The van der Waals surface area contributed by atoms with Gasteiger partial charge < -0.3 is 15.3 Å². The first-order valence-electron chi connectivity index (χ1n) is 6.20. The molecule has 0 aromatic heterocycles. The molecule has 2 amide bonds. The van der Waals surface area contributed by atoms with Gasteiger partial charge in [0.05, 0.1) is 5.92 Å². The van der Waals surface area contributed by atoms with Gasteiger partial charge in [-0.2, -0.15) is 0 Å². The van der Waals surface area contributed by atoms with Gasteiger partial charge in [0.25, 0.3) is 0 Å². The quantitative estimate of drug-likeness (QED) is 0.848. The summed E-state index contributed by atoms with van der Waals surface area (Å²) < 4.78 is 0.766. The molecule has 20 heavy (non-hydrogen) atoms. The third-order valence-corrected chi connectivity index (χ3v) is 3.85. The van der Waals surface area contributed by atoms with Crippen molar-refractivity contribution in [2.75, 3.05) is 18.4 Å². The molecule has 1 aromatic carbocycles. The fourth-order valence-electron chi connectivity index (χ4n) is 2.19. The molecular formula is C13H14BrClN2O3. The topological polar surface area (TPSA) is 69.6 Å². The van der Waals surface area contributed by atoms with E-state index in [9.17, 15) is 9.59 Å². The molecule has 2 rings (SSSR count). The summed E-state index contributed by atoms with van der Waals surface area (Å²) in [7, 11) is 0. The van der Waals surface area contributed by atoms with Crippen molar-refractivity contribution in [2.24, 2.45) is 5.92 Å². The van der Waals surface area contributed by atoms with E-state index in [0.29, 0.717) is 30.1 Å². The zero-order valence-corrected chi connectivity index (χ0v) is 12.9. The first-order valence-corrected chi connectivity index (χ1v) is 7.37. The molecular weight excluding hydrogens is 348 g/mol. The summed E-state index contributed by atoms with van der Waals surface area (Å²) >= 11 is 9.21. The minimum atomic E-state index is -0.854. The average Bonchev–Trinajstić information content (AvgIpc) is 2.37. The molecule has 2 N–H and O–H groups in total. The number of nitrogens with zero attached hydrogens (tertiary/aromatic N) is 1. The highest BCUT2D eigenvalue weighted by atomic mass is 79.9. The average molecular weight is 362 g/mol. The minimum Gasteiger partial charge on any atom is -0.481 e. The van der Waals surface area contributed by atoms with E-state index in [2.05, 4.69) is 21.2 Å². The van der Waals surface area contributed by atoms with Crippen molar-refractivity contribution < 1.29 is 14.7 Å². The molecule has 7 heteroatoms. The fourth-order valence-corrected chi connectivity index (χ4v) is 3.05. The Balaban J connectivity index is 2.02. The van der Waals surface area contributed by atoms with E-state index in [1.54, 1.807) is 18.2 Å². The van der Waals surface area contributed by atoms with E-state index in [1.807, 2.05) is 0 Å². The number of carbonyl (C=O) groups is 2. The van der Waals surface area contributed by atoms with Crippen LogP contribution in [0.4, 0.5) is 10.5 Å². The second kappa shape index (κ2) is 6.45. The second-order valence-corrected chi connectivity index (χ2v) is 6.06. The number of carboxylic acids is 1. The number of aliphatic carboxylic acids is 1. The molecule has 5 nitrogen and oxygen atoms in total. The van der Waals surface area contributed by atoms with Gasteiger partial charge in [-0.1, -0.05) is 27.5 Å². The van der Waals surface area contributed by atoms with Crippen molar-refractivity contribution >= 4 is 45.2 Å². The van der Waals surface area contributed by atoms with Gasteiger partial charge in [-0.25, -0.2) is 4.79 Å². The summed E-state index contributed by atoms with van der Waals surface area (Å²) in [6.45, 7) is 0.806. The molecule has 0 bridgehead atoms. The highest BCUT2D eigenvalue weighted by molar-refractivity contribution is 9.10. The van der Waals surface area contributed by atoms with Crippen LogP contribution >= 0.6 is 27.5 Å². The third kappa shape index (κ3) is 3.86. The zero-order valence-electron chi connectivity index (χ0n) is 10.6. The smallest absolute Gasteiger partial charge is 0.321 e. The lowest BCUT2D eigenvalue weighted by Gasteiger charge is -2.30. The monoisotopic (exact) mass is 360 g/mol. The van der Waals surface area contributed by atoms with E-state index in [0.717, 1.165) is 4.47 Å². The van der Waals surface area contributed by atoms with Crippen molar-refractivity contribution in [1.29, 1.82) is 0 Å². The van der Waals surface area contributed by atoms with Crippen LogP contribution in [0.1, 0.15) is 12.8 Å². The van der Waals surface area contributed by atoms with Crippen LogP contribution in [-0.2, 0) is 4.79 Å². The van der Waals surface area contributed by atoms with Gasteiger partial charge in [0.2, 0.25) is 0 Å². The fraction of sp³-hybridized carbons (Fsp3) is 0.385. The Bertz CT molecular complexity index is 518. The summed E-state index contributed by atoms with van der Waals surface area (Å²) in [6.07, 6.45) is 1.31. The Morgan fingerprint density at radius 1 is 1.40 bits per heavy atom. The first-order chi connectivity index (χ1) is 9.45. The highest BCUT2D eigenvalue weighted by Crippen LogP contribution is 2.24. The van der Waals surface area contributed by atoms with E-state index in [1.165, 1.54) is 4.90 Å². The molecule has 1 unspecified atom stereocenters. The van der Waals surface area contributed by atoms with Gasteiger partial charge in [0, 0.05) is 28.3 Å². The molecule has 1 atom stereocenters. The number of urea groups is 1. The van der Waals surface area contributed by atoms with Gasteiger partial charge >= 0.3 is 12.0 Å². The molecule has 1 aliphatic heterocycles. The zero-order chi connectivity index (χ0) is 14.7. The summed E-state index contributed by atoms with van der Waals surface area (Å²) in [6, 6.07) is 4.80. The van der Waals surface area contributed by atoms with Crippen LogP contribution < -0.4 is 5.32 Å². The number of piperidine rings is 1. The van der Waals surface area contributed by atoms with Crippen molar-refractivity contribution in [1.82, 2.24) is 4.90 Å². The Kier molecular flexibility index (Phi) is 4.88. The van der Waals surface area contributed by atoms with E-state index >= 15 is 0 Å². The highest BCUT2D eigenvalue weighted by Gasteiger charge is 2.28. The molecule has 0 aliphatic carbocycles. The molecule has 0 saturated carbocycles. The number of rotatable bonds is 2. The van der Waals surface area contributed by atoms with Crippen LogP contribution in [0.2, 0.25) is 5.02 Å². The summed E-state index contributed by atoms with van der Waals surface area (Å²) in [5, 5.41) is 12.3. The lowest BCUT2D eigenvalue weighted by atomic mass is 9.99. The maximum atomic E-state index is 12.1. The number of anilines is 1. The second-order valence-electron chi connectivity index (χ2n) is 4.71. The third-order valence-electron chi connectivity index (χ3n) is 3.17. The van der Waals surface area contributed by atoms with Crippen molar-refractivity contribution in [3.63, 3.8) is 0 Å².